The highest BCUT2D eigenvalue weighted by Crippen LogP contribution is 2.61. The van der Waals surface area contributed by atoms with E-state index in [-0.39, 0.29) is 23.2 Å². The van der Waals surface area contributed by atoms with E-state index in [1.54, 1.807) is 0 Å². The Kier molecular flexibility index (Phi) is 3.71. The molecule has 2 aliphatic carbocycles. The molecule has 1 spiro atoms. The molecule has 0 bridgehead atoms. The standard InChI is InChI=1S/C18H23NO3/c1-11(2)9-15(17(21)22)19-16(20)14-10-18(14)8-7-12-5-3-4-6-13(12)18/h3-6,11,14-15H,7-10H2,1-2H3,(H,19,20)(H,21,22)/t14?,15-,18?/m1/s1. The number of fused-ring (bicyclic) bond motifs is 2. The summed E-state index contributed by atoms with van der Waals surface area (Å²) in [5.74, 6) is -0.861. The summed E-state index contributed by atoms with van der Waals surface area (Å²) < 4.78 is 0. The van der Waals surface area contributed by atoms with Crippen molar-refractivity contribution >= 4 is 11.9 Å². The van der Waals surface area contributed by atoms with Crippen LogP contribution in [-0.2, 0) is 21.4 Å². The van der Waals surface area contributed by atoms with Crippen LogP contribution < -0.4 is 5.32 Å². The second-order valence-electron chi connectivity index (χ2n) is 7.10. The average Bonchev–Trinajstić information content (AvgIpc) is 3.08. The van der Waals surface area contributed by atoms with Gasteiger partial charge in [0.1, 0.15) is 6.04 Å². The number of aliphatic carboxylic acids is 1. The third-order valence-corrected chi connectivity index (χ3v) is 5.11. The number of hydrogen-bond acceptors (Lipinski definition) is 2. The van der Waals surface area contributed by atoms with Gasteiger partial charge in [-0.15, -0.1) is 0 Å². The third-order valence-electron chi connectivity index (χ3n) is 5.11. The molecule has 22 heavy (non-hydrogen) atoms. The van der Waals surface area contributed by atoms with Gasteiger partial charge in [-0.05, 0) is 42.7 Å². The van der Waals surface area contributed by atoms with Gasteiger partial charge < -0.3 is 10.4 Å². The summed E-state index contributed by atoms with van der Waals surface area (Å²) in [4.78, 5) is 23.8. The van der Waals surface area contributed by atoms with Crippen LogP contribution in [0.2, 0.25) is 0 Å². The van der Waals surface area contributed by atoms with Crippen LogP contribution in [0.3, 0.4) is 0 Å². The summed E-state index contributed by atoms with van der Waals surface area (Å²) in [5.41, 5.74) is 2.61. The Balaban J connectivity index is 1.70. The number of amides is 1. The quantitative estimate of drug-likeness (QED) is 0.878. The van der Waals surface area contributed by atoms with Crippen LogP contribution in [0.5, 0.6) is 0 Å². The lowest BCUT2D eigenvalue weighted by atomic mass is 9.95. The molecule has 118 valence electrons. The summed E-state index contributed by atoms with van der Waals surface area (Å²) >= 11 is 0. The monoisotopic (exact) mass is 301 g/mol. The molecule has 1 aromatic carbocycles. The number of hydrogen-bond donors (Lipinski definition) is 2. The van der Waals surface area contributed by atoms with Crippen LogP contribution in [0, 0.1) is 11.8 Å². The van der Waals surface area contributed by atoms with Gasteiger partial charge in [0.05, 0.1) is 0 Å². The highest BCUT2D eigenvalue weighted by atomic mass is 16.4. The zero-order valence-electron chi connectivity index (χ0n) is 13.1. The lowest BCUT2D eigenvalue weighted by Gasteiger charge is -2.18. The van der Waals surface area contributed by atoms with E-state index >= 15 is 0 Å². The number of carboxylic acids is 1. The van der Waals surface area contributed by atoms with E-state index in [9.17, 15) is 14.7 Å². The summed E-state index contributed by atoms with van der Waals surface area (Å²) in [6, 6.07) is 7.55. The van der Waals surface area contributed by atoms with Crippen molar-refractivity contribution in [1.82, 2.24) is 5.32 Å². The van der Waals surface area contributed by atoms with E-state index in [0.717, 1.165) is 19.3 Å². The van der Waals surface area contributed by atoms with Crippen molar-refractivity contribution in [2.24, 2.45) is 11.8 Å². The third kappa shape index (κ3) is 2.51. The van der Waals surface area contributed by atoms with Crippen LogP contribution in [0.1, 0.15) is 44.2 Å². The minimum Gasteiger partial charge on any atom is -0.480 e. The second kappa shape index (κ2) is 5.41. The molecule has 0 heterocycles. The molecule has 1 fully saturated rings. The molecule has 3 rings (SSSR count). The molecule has 0 aliphatic heterocycles. The maximum Gasteiger partial charge on any atom is 0.326 e. The van der Waals surface area contributed by atoms with Gasteiger partial charge in [0, 0.05) is 11.3 Å². The highest BCUT2D eigenvalue weighted by Gasteiger charge is 2.61. The van der Waals surface area contributed by atoms with Gasteiger partial charge in [-0.2, -0.15) is 0 Å². The minimum absolute atomic E-state index is 0.0262. The first-order chi connectivity index (χ1) is 10.4. The fourth-order valence-electron chi connectivity index (χ4n) is 3.90. The van der Waals surface area contributed by atoms with Crippen LogP contribution in [0.15, 0.2) is 24.3 Å². The molecular formula is C18H23NO3. The number of rotatable bonds is 5. The number of carbonyl (C=O) groups is 2. The Morgan fingerprint density at radius 3 is 2.77 bits per heavy atom. The Hall–Kier alpha value is -1.84. The summed E-state index contributed by atoms with van der Waals surface area (Å²) in [6.45, 7) is 3.93. The average molecular weight is 301 g/mol. The van der Waals surface area contributed by atoms with Crippen molar-refractivity contribution < 1.29 is 14.7 Å². The summed E-state index contributed by atoms with van der Waals surface area (Å²) in [7, 11) is 0. The first kappa shape index (κ1) is 15.1. The van der Waals surface area contributed by atoms with E-state index in [2.05, 4.69) is 17.4 Å². The zero-order chi connectivity index (χ0) is 15.9. The number of benzene rings is 1. The maximum absolute atomic E-state index is 12.5. The minimum atomic E-state index is -0.941. The van der Waals surface area contributed by atoms with E-state index < -0.39 is 12.0 Å². The van der Waals surface area contributed by atoms with Crippen molar-refractivity contribution in [1.29, 1.82) is 0 Å². The Bertz CT molecular complexity index is 610. The van der Waals surface area contributed by atoms with Crippen LogP contribution in [0.25, 0.3) is 0 Å². The lowest BCUT2D eigenvalue weighted by molar-refractivity contribution is -0.142. The Morgan fingerprint density at radius 1 is 1.36 bits per heavy atom. The van der Waals surface area contributed by atoms with Crippen molar-refractivity contribution in [3.05, 3.63) is 35.4 Å². The molecule has 2 N–H and O–H groups in total. The van der Waals surface area contributed by atoms with Gasteiger partial charge in [-0.3, -0.25) is 4.79 Å². The first-order valence-corrected chi connectivity index (χ1v) is 8.05. The van der Waals surface area contributed by atoms with Crippen molar-refractivity contribution in [2.45, 2.75) is 51.0 Å². The molecule has 2 aliphatic rings. The molecular weight excluding hydrogens is 278 g/mol. The zero-order valence-corrected chi connectivity index (χ0v) is 13.1. The van der Waals surface area contributed by atoms with Crippen LogP contribution in [0.4, 0.5) is 0 Å². The molecule has 1 saturated carbocycles. The summed E-state index contributed by atoms with van der Waals surface area (Å²) in [5, 5.41) is 12.0. The number of nitrogens with one attached hydrogen (secondary N) is 1. The van der Waals surface area contributed by atoms with Crippen molar-refractivity contribution in [3.8, 4) is 0 Å². The van der Waals surface area contributed by atoms with Gasteiger partial charge in [-0.1, -0.05) is 38.1 Å². The van der Waals surface area contributed by atoms with E-state index in [0.29, 0.717) is 6.42 Å². The molecule has 0 saturated heterocycles. The van der Waals surface area contributed by atoms with Gasteiger partial charge in [0.2, 0.25) is 5.91 Å². The topological polar surface area (TPSA) is 66.4 Å². The first-order valence-electron chi connectivity index (χ1n) is 8.05. The smallest absolute Gasteiger partial charge is 0.326 e. The summed E-state index contributed by atoms with van der Waals surface area (Å²) in [6.07, 6.45) is 3.35. The van der Waals surface area contributed by atoms with Crippen LogP contribution in [-0.4, -0.2) is 23.0 Å². The largest absolute Gasteiger partial charge is 0.480 e. The van der Waals surface area contributed by atoms with Gasteiger partial charge in [0.25, 0.3) is 0 Å². The molecule has 2 unspecified atom stereocenters. The molecule has 0 radical (unpaired) electrons. The van der Waals surface area contributed by atoms with Gasteiger partial charge in [0.15, 0.2) is 0 Å². The molecule has 3 atom stereocenters. The highest BCUT2D eigenvalue weighted by molar-refractivity contribution is 5.89. The predicted molar refractivity (Wildman–Crippen MR) is 83.6 cm³/mol. The molecule has 0 aromatic heterocycles. The number of carbonyl (C=O) groups excluding carboxylic acids is 1. The predicted octanol–water partition coefficient (Wildman–Crippen LogP) is 2.51. The molecule has 1 aromatic rings. The SMILES string of the molecule is CC(C)C[C@@H](NC(=O)C1CC12CCc1ccccc12)C(=O)O. The maximum atomic E-state index is 12.5. The normalized spacial score (nSPS) is 26.8. The molecule has 1 amide bonds. The Morgan fingerprint density at radius 2 is 2.09 bits per heavy atom. The lowest BCUT2D eigenvalue weighted by Crippen LogP contribution is -2.43. The number of aryl methyl sites for hydroxylation is 1. The molecule has 4 nitrogen and oxygen atoms in total. The van der Waals surface area contributed by atoms with E-state index in [4.69, 9.17) is 0 Å². The van der Waals surface area contributed by atoms with Gasteiger partial charge in [-0.25, -0.2) is 4.79 Å². The van der Waals surface area contributed by atoms with Gasteiger partial charge >= 0.3 is 5.97 Å². The van der Waals surface area contributed by atoms with Crippen molar-refractivity contribution in [2.75, 3.05) is 0 Å². The fourth-order valence-corrected chi connectivity index (χ4v) is 3.90. The second-order valence-corrected chi connectivity index (χ2v) is 7.10. The Labute approximate surface area is 130 Å². The van der Waals surface area contributed by atoms with E-state index in [1.165, 1.54) is 11.1 Å². The fraction of sp³-hybridized carbons (Fsp3) is 0.556. The molecule has 4 heteroatoms. The number of carboxylic acid groups (broad SMARTS) is 1. The van der Waals surface area contributed by atoms with E-state index in [1.807, 2.05) is 26.0 Å². The van der Waals surface area contributed by atoms with Crippen molar-refractivity contribution in [3.63, 3.8) is 0 Å². The van der Waals surface area contributed by atoms with Crippen LogP contribution >= 0.6 is 0 Å².